The molecular weight excluding hydrogens is 342 g/mol. The number of rotatable bonds is 2. The number of carbonyl (C=O) groups is 1. The van der Waals surface area contributed by atoms with E-state index in [4.69, 9.17) is 14.5 Å². The average Bonchev–Trinajstić information content (AvgIpc) is 2.90. The van der Waals surface area contributed by atoms with E-state index in [-0.39, 0.29) is 23.6 Å². The second-order valence-corrected chi connectivity index (χ2v) is 7.59. The predicted octanol–water partition coefficient (Wildman–Crippen LogP) is 2.56. The topological polar surface area (TPSA) is 94.2 Å². The van der Waals surface area contributed by atoms with Gasteiger partial charge in [-0.2, -0.15) is 0 Å². The summed E-state index contributed by atoms with van der Waals surface area (Å²) in [5.41, 5.74) is 1.85. The van der Waals surface area contributed by atoms with E-state index >= 15 is 0 Å². The van der Waals surface area contributed by atoms with Crippen LogP contribution in [0.4, 0.5) is 0 Å². The van der Waals surface area contributed by atoms with Gasteiger partial charge < -0.3 is 9.47 Å². The van der Waals surface area contributed by atoms with Gasteiger partial charge in [0.25, 0.3) is 5.56 Å². The first-order valence-corrected chi connectivity index (χ1v) is 8.86. The van der Waals surface area contributed by atoms with E-state index in [1.165, 1.54) is 11.3 Å². The highest BCUT2D eigenvalue weighted by molar-refractivity contribution is 7.25. The lowest BCUT2D eigenvalue weighted by atomic mass is 9.95. The van der Waals surface area contributed by atoms with E-state index in [0.29, 0.717) is 23.2 Å². The largest absolute Gasteiger partial charge is 0.460 e. The normalized spacial score (nSPS) is 16.1. The van der Waals surface area contributed by atoms with Crippen LogP contribution in [0, 0.1) is 0 Å². The molecular formula is C17H17N3O4S. The van der Waals surface area contributed by atoms with Crippen molar-refractivity contribution in [1.82, 2.24) is 15.0 Å². The first-order valence-electron chi connectivity index (χ1n) is 8.04. The minimum Gasteiger partial charge on any atom is -0.460 e. The summed E-state index contributed by atoms with van der Waals surface area (Å²) in [7, 11) is 0. The molecule has 7 nitrogen and oxygen atoms in total. The number of nitrogens with one attached hydrogen (secondary N) is 1. The summed E-state index contributed by atoms with van der Waals surface area (Å²) in [6.45, 7) is 6.45. The third-order valence-corrected chi connectivity index (χ3v) is 5.25. The SMILES string of the molecule is CCOC(=O)c1nc2c(sc3nc4c(cc32)COC(C)(C)C4)c(=O)[nH]1. The third kappa shape index (κ3) is 2.71. The van der Waals surface area contributed by atoms with Gasteiger partial charge in [-0.3, -0.25) is 9.78 Å². The van der Waals surface area contributed by atoms with Gasteiger partial charge in [0.15, 0.2) is 0 Å². The number of aromatic nitrogens is 3. The first-order chi connectivity index (χ1) is 11.9. The fourth-order valence-corrected chi connectivity index (χ4v) is 3.97. The first kappa shape index (κ1) is 16.2. The van der Waals surface area contributed by atoms with Crippen molar-refractivity contribution in [1.29, 1.82) is 0 Å². The zero-order valence-electron chi connectivity index (χ0n) is 14.1. The summed E-state index contributed by atoms with van der Waals surface area (Å²) in [6, 6.07) is 1.97. The van der Waals surface area contributed by atoms with Gasteiger partial charge in [0, 0.05) is 17.4 Å². The number of carbonyl (C=O) groups excluding carboxylic acids is 1. The molecule has 8 heteroatoms. The van der Waals surface area contributed by atoms with Crippen molar-refractivity contribution in [2.24, 2.45) is 0 Å². The van der Waals surface area contributed by atoms with Crippen LogP contribution in [0.15, 0.2) is 10.9 Å². The van der Waals surface area contributed by atoms with Gasteiger partial charge in [-0.1, -0.05) is 0 Å². The highest BCUT2D eigenvalue weighted by Crippen LogP contribution is 2.34. The van der Waals surface area contributed by atoms with Crippen molar-refractivity contribution in [3.05, 3.63) is 33.5 Å². The molecule has 1 N–H and O–H groups in total. The Morgan fingerprint density at radius 2 is 2.24 bits per heavy atom. The molecule has 0 unspecified atom stereocenters. The molecule has 0 fully saturated rings. The maximum Gasteiger partial charge on any atom is 0.374 e. The molecule has 0 amide bonds. The number of fused-ring (bicyclic) bond motifs is 4. The van der Waals surface area contributed by atoms with Crippen molar-refractivity contribution < 1.29 is 14.3 Å². The number of hydrogen-bond donors (Lipinski definition) is 1. The fourth-order valence-electron chi connectivity index (χ4n) is 2.96. The summed E-state index contributed by atoms with van der Waals surface area (Å²) in [4.78, 5) is 36.6. The molecule has 0 aliphatic carbocycles. The van der Waals surface area contributed by atoms with Crippen LogP contribution in [0.2, 0.25) is 0 Å². The number of thiophene rings is 1. The number of pyridine rings is 1. The van der Waals surface area contributed by atoms with Gasteiger partial charge in [0.1, 0.15) is 9.53 Å². The molecule has 25 heavy (non-hydrogen) atoms. The Hall–Kier alpha value is -2.32. The summed E-state index contributed by atoms with van der Waals surface area (Å²) in [5, 5.41) is 0.763. The molecule has 0 aromatic carbocycles. The van der Waals surface area contributed by atoms with Crippen molar-refractivity contribution in [3.8, 4) is 0 Å². The van der Waals surface area contributed by atoms with Gasteiger partial charge in [-0.25, -0.2) is 14.8 Å². The van der Waals surface area contributed by atoms with Gasteiger partial charge in [0.05, 0.1) is 30.0 Å². The van der Waals surface area contributed by atoms with Crippen molar-refractivity contribution in [2.75, 3.05) is 6.61 Å². The van der Waals surface area contributed by atoms with E-state index in [0.717, 1.165) is 21.5 Å². The second kappa shape index (κ2) is 5.60. The predicted molar refractivity (Wildman–Crippen MR) is 94.1 cm³/mol. The van der Waals surface area contributed by atoms with E-state index in [2.05, 4.69) is 9.97 Å². The maximum atomic E-state index is 12.4. The number of hydrogen-bond acceptors (Lipinski definition) is 7. The lowest BCUT2D eigenvalue weighted by Crippen LogP contribution is -2.32. The van der Waals surface area contributed by atoms with Crippen LogP contribution in [-0.2, 0) is 22.5 Å². The lowest BCUT2D eigenvalue weighted by Gasteiger charge is -2.30. The van der Waals surface area contributed by atoms with Crippen molar-refractivity contribution >= 4 is 37.7 Å². The van der Waals surface area contributed by atoms with E-state index in [9.17, 15) is 9.59 Å². The van der Waals surface area contributed by atoms with Crippen LogP contribution >= 0.6 is 11.3 Å². The molecule has 1 aliphatic heterocycles. The molecule has 0 atom stereocenters. The Morgan fingerprint density at radius 1 is 1.44 bits per heavy atom. The van der Waals surface area contributed by atoms with Gasteiger partial charge in [-0.15, -0.1) is 11.3 Å². The quantitative estimate of drug-likeness (QED) is 0.707. The highest BCUT2D eigenvalue weighted by Gasteiger charge is 2.28. The smallest absolute Gasteiger partial charge is 0.374 e. The molecule has 4 heterocycles. The van der Waals surface area contributed by atoms with Crippen LogP contribution in [0.25, 0.3) is 20.4 Å². The molecule has 1 aliphatic rings. The molecule has 130 valence electrons. The molecule has 3 aromatic heterocycles. The van der Waals surface area contributed by atoms with Gasteiger partial charge >= 0.3 is 5.97 Å². The minimum atomic E-state index is -0.642. The Kier molecular flexibility index (Phi) is 3.62. The Balaban J connectivity index is 1.93. The molecule has 0 bridgehead atoms. The molecule has 0 saturated carbocycles. The van der Waals surface area contributed by atoms with Crippen LogP contribution in [-0.4, -0.2) is 33.1 Å². The number of H-pyrrole nitrogens is 1. The minimum absolute atomic E-state index is 0.0887. The zero-order valence-corrected chi connectivity index (χ0v) is 15.0. The lowest BCUT2D eigenvalue weighted by molar-refractivity contribution is -0.0411. The van der Waals surface area contributed by atoms with Gasteiger partial charge in [0.2, 0.25) is 5.82 Å². The number of aromatic amines is 1. The van der Waals surface area contributed by atoms with E-state index in [1.807, 2.05) is 19.9 Å². The second-order valence-electron chi connectivity index (χ2n) is 6.59. The molecule has 0 radical (unpaired) electrons. The van der Waals surface area contributed by atoms with Crippen LogP contribution < -0.4 is 5.56 Å². The fraction of sp³-hybridized carbons (Fsp3) is 0.412. The molecule has 0 spiro atoms. The van der Waals surface area contributed by atoms with Crippen molar-refractivity contribution in [2.45, 2.75) is 39.4 Å². The average molecular weight is 359 g/mol. The molecule has 4 rings (SSSR count). The zero-order chi connectivity index (χ0) is 17.8. The summed E-state index contributed by atoms with van der Waals surface area (Å²) >= 11 is 1.28. The maximum absolute atomic E-state index is 12.4. The Labute approximate surface area is 147 Å². The monoisotopic (exact) mass is 359 g/mol. The van der Waals surface area contributed by atoms with E-state index < -0.39 is 5.97 Å². The summed E-state index contributed by atoms with van der Waals surface area (Å²) in [5.74, 6) is -0.731. The molecule has 3 aromatic rings. The third-order valence-electron chi connectivity index (χ3n) is 4.17. The van der Waals surface area contributed by atoms with Crippen molar-refractivity contribution in [3.63, 3.8) is 0 Å². The standard InChI is InChI=1S/C17H17N3O4S/c1-4-23-16(22)13-19-11-9-5-8-7-24-17(2,3)6-10(8)18-15(9)25-12(11)14(21)20-13/h5H,4,6-7H2,1-3H3,(H,19,20,21). The van der Waals surface area contributed by atoms with Crippen LogP contribution in [0.1, 0.15) is 42.6 Å². The Bertz CT molecular complexity index is 1070. The van der Waals surface area contributed by atoms with Crippen LogP contribution in [0.3, 0.4) is 0 Å². The molecule has 0 saturated heterocycles. The van der Waals surface area contributed by atoms with Gasteiger partial charge in [-0.05, 0) is 26.8 Å². The number of esters is 1. The number of ether oxygens (including phenoxy) is 2. The summed E-state index contributed by atoms with van der Waals surface area (Å²) in [6.07, 6.45) is 0.713. The van der Waals surface area contributed by atoms with E-state index in [1.54, 1.807) is 6.92 Å². The summed E-state index contributed by atoms with van der Waals surface area (Å²) < 4.78 is 11.2. The highest BCUT2D eigenvalue weighted by atomic mass is 32.1. The number of nitrogens with zero attached hydrogens (tertiary/aromatic N) is 2. The van der Waals surface area contributed by atoms with Crippen LogP contribution in [0.5, 0.6) is 0 Å². The Morgan fingerprint density at radius 3 is 3.00 bits per heavy atom.